The summed E-state index contributed by atoms with van der Waals surface area (Å²) in [6.45, 7) is 1.69. The third-order valence-corrected chi connectivity index (χ3v) is 5.26. The Labute approximate surface area is 136 Å². The molecule has 1 amide bonds. The predicted octanol–water partition coefficient (Wildman–Crippen LogP) is 0.641. The molecule has 0 bridgehead atoms. The minimum atomic E-state index is -3.45. The predicted molar refractivity (Wildman–Crippen MR) is 85.8 cm³/mol. The van der Waals surface area contributed by atoms with Gasteiger partial charge in [0.25, 0.3) is 5.91 Å². The third kappa shape index (κ3) is 4.19. The number of rotatable bonds is 5. The van der Waals surface area contributed by atoms with Gasteiger partial charge in [0, 0.05) is 24.2 Å². The standard InChI is InChI=1S/C14H19N3O3S.ClH/c18-14(16-12-7-8-15-9-12)10-1-5-13(6-2-10)21(19,20)17-11-3-4-11;/h1-2,5-6,11-12,15,17H,3-4,7-9H2,(H,16,18);1H. The van der Waals surface area contributed by atoms with Gasteiger partial charge in [-0.3, -0.25) is 4.79 Å². The average Bonchev–Trinajstić information content (AvgIpc) is 3.11. The SMILES string of the molecule is Cl.O=C(NC1CCNC1)c1ccc(S(=O)(=O)NC2CC2)cc1. The Balaban J connectivity index is 0.00000176. The van der Waals surface area contributed by atoms with Crippen LogP contribution in [0.2, 0.25) is 0 Å². The lowest BCUT2D eigenvalue weighted by atomic mass is 10.2. The second-order valence-electron chi connectivity index (χ2n) is 5.58. The lowest BCUT2D eigenvalue weighted by Crippen LogP contribution is -2.36. The molecule has 122 valence electrons. The van der Waals surface area contributed by atoms with Crippen LogP contribution in [0.5, 0.6) is 0 Å². The van der Waals surface area contributed by atoms with E-state index >= 15 is 0 Å². The van der Waals surface area contributed by atoms with Crippen molar-refractivity contribution in [2.45, 2.75) is 36.2 Å². The summed E-state index contributed by atoms with van der Waals surface area (Å²) in [5.74, 6) is -0.164. The molecule has 1 aromatic rings. The van der Waals surface area contributed by atoms with Crippen LogP contribution in [0.4, 0.5) is 0 Å². The smallest absolute Gasteiger partial charge is 0.251 e. The Kier molecular flexibility index (Phi) is 5.44. The van der Waals surface area contributed by atoms with E-state index in [-0.39, 0.29) is 35.3 Å². The molecule has 0 aromatic heterocycles. The van der Waals surface area contributed by atoms with Crippen molar-refractivity contribution in [3.05, 3.63) is 29.8 Å². The van der Waals surface area contributed by atoms with Crippen LogP contribution >= 0.6 is 12.4 Å². The number of sulfonamides is 1. The molecular weight excluding hydrogens is 326 g/mol. The Bertz CT molecular complexity index is 623. The average molecular weight is 346 g/mol. The Morgan fingerprint density at radius 3 is 2.32 bits per heavy atom. The number of carbonyl (C=O) groups is 1. The van der Waals surface area contributed by atoms with Crippen LogP contribution in [0.15, 0.2) is 29.2 Å². The molecule has 1 saturated heterocycles. The number of nitrogens with one attached hydrogen (secondary N) is 3. The van der Waals surface area contributed by atoms with Gasteiger partial charge in [-0.05, 0) is 50.1 Å². The van der Waals surface area contributed by atoms with E-state index in [2.05, 4.69) is 15.4 Å². The van der Waals surface area contributed by atoms with Gasteiger partial charge in [0.15, 0.2) is 0 Å². The zero-order valence-electron chi connectivity index (χ0n) is 12.0. The van der Waals surface area contributed by atoms with Crippen molar-refractivity contribution in [1.82, 2.24) is 15.4 Å². The molecule has 8 heteroatoms. The molecule has 22 heavy (non-hydrogen) atoms. The van der Waals surface area contributed by atoms with Gasteiger partial charge in [0.1, 0.15) is 0 Å². The number of amides is 1. The van der Waals surface area contributed by atoms with Crippen LogP contribution in [-0.4, -0.2) is 39.5 Å². The molecular formula is C14H20ClN3O3S. The number of halogens is 1. The third-order valence-electron chi connectivity index (χ3n) is 3.72. The first kappa shape index (κ1) is 17.2. The van der Waals surface area contributed by atoms with Gasteiger partial charge in [0.2, 0.25) is 10.0 Å². The van der Waals surface area contributed by atoms with Gasteiger partial charge in [-0.25, -0.2) is 13.1 Å². The van der Waals surface area contributed by atoms with Crippen molar-refractivity contribution in [2.75, 3.05) is 13.1 Å². The molecule has 0 radical (unpaired) electrons. The minimum absolute atomic E-state index is 0. The first-order chi connectivity index (χ1) is 10.0. The van der Waals surface area contributed by atoms with E-state index in [9.17, 15) is 13.2 Å². The van der Waals surface area contributed by atoms with Gasteiger partial charge in [0.05, 0.1) is 4.90 Å². The van der Waals surface area contributed by atoms with Crippen LogP contribution in [0.25, 0.3) is 0 Å². The molecule has 1 aliphatic heterocycles. The molecule has 0 spiro atoms. The van der Waals surface area contributed by atoms with Crippen molar-refractivity contribution in [2.24, 2.45) is 0 Å². The summed E-state index contributed by atoms with van der Waals surface area (Å²) >= 11 is 0. The lowest BCUT2D eigenvalue weighted by Gasteiger charge is -2.11. The van der Waals surface area contributed by atoms with E-state index < -0.39 is 10.0 Å². The maximum Gasteiger partial charge on any atom is 0.251 e. The first-order valence-corrected chi connectivity index (χ1v) is 8.67. The van der Waals surface area contributed by atoms with Crippen molar-refractivity contribution in [3.8, 4) is 0 Å². The highest BCUT2D eigenvalue weighted by Gasteiger charge is 2.28. The molecule has 6 nitrogen and oxygen atoms in total. The monoisotopic (exact) mass is 345 g/mol. The van der Waals surface area contributed by atoms with E-state index in [0.717, 1.165) is 32.4 Å². The largest absolute Gasteiger partial charge is 0.348 e. The molecule has 1 unspecified atom stereocenters. The topological polar surface area (TPSA) is 87.3 Å². The molecule has 1 aromatic carbocycles. The normalized spacial score (nSPS) is 21.2. The molecule has 2 fully saturated rings. The highest BCUT2D eigenvalue weighted by molar-refractivity contribution is 7.89. The van der Waals surface area contributed by atoms with Crippen LogP contribution in [-0.2, 0) is 10.0 Å². The first-order valence-electron chi connectivity index (χ1n) is 7.18. The fourth-order valence-electron chi connectivity index (χ4n) is 2.32. The second-order valence-corrected chi connectivity index (χ2v) is 7.30. The van der Waals surface area contributed by atoms with Gasteiger partial charge < -0.3 is 10.6 Å². The molecule has 1 atom stereocenters. The summed E-state index contributed by atoms with van der Waals surface area (Å²) in [5, 5.41) is 6.11. The maximum absolute atomic E-state index is 12.0. The van der Waals surface area contributed by atoms with Crippen molar-refractivity contribution in [3.63, 3.8) is 0 Å². The quantitative estimate of drug-likeness (QED) is 0.731. The van der Waals surface area contributed by atoms with E-state index in [0.29, 0.717) is 5.56 Å². The highest BCUT2D eigenvalue weighted by Crippen LogP contribution is 2.22. The molecule has 1 saturated carbocycles. The number of hydrogen-bond donors (Lipinski definition) is 3. The van der Waals surface area contributed by atoms with Gasteiger partial charge in [-0.15, -0.1) is 12.4 Å². The van der Waals surface area contributed by atoms with Gasteiger partial charge in [-0.2, -0.15) is 0 Å². The van der Waals surface area contributed by atoms with Crippen molar-refractivity contribution in [1.29, 1.82) is 0 Å². The van der Waals surface area contributed by atoms with E-state index in [1.54, 1.807) is 12.1 Å². The number of hydrogen-bond acceptors (Lipinski definition) is 4. The van der Waals surface area contributed by atoms with E-state index in [1.165, 1.54) is 12.1 Å². The summed E-state index contributed by atoms with van der Waals surface area (Å²) in [4.78, 5) is 12.2. The zero-order chi connectivity index (χ0) is 14.9. The van der Waals surface area contributed by atoms with Crippen molar-refractivity contribution >= 4 is 28.3 Å². The molecule has 3 N–H and O–H groups in total. The van der Waals surface area contributed by atoms with Crippen molar-refractivity contribution < 1.29 is 13.2 Å². The Morgan fingerprint density at radius 1 is 1.09 bits per heavy atom. The van der Waals surface area contributed by atoms with Gasteiger partial charge >= 0.3 is 0 Å². The Hall–Kier alpha value is -1.15. The highest BCUT2D eigenvalue weighted by atomic mass is 35.5. The number of carbonyl (C=O) groups excluding carboxylic acids is 1. The molecule has 1 heterocycles. The molecule has 1 aliphatic carbocycles. The molecule has 2 aliphatic rings. The minimum Gasteiger partial charge on any atom is -0.348 e. The summed E-state index contributed by atoms with van der Waals surface area (Å²) in [6, 6.07) is 6.29. The van der Waals surface area contributed by atoms with E-state index in [4.69, 9.17) is 0 Å². The number of benzene rings is 1. The summed E-state index contributed by atoms with van der Waals surface area (Å²) in [6.07, 6.45) is 2.72. The van der Waals surface area contributed by atoms with Crippen LogP contribution in [0, 0.1) is 0 Å². The van der Waals surface area contributed by atoms with E-state index in [1.807, 2.05) is 0 Å². The fourth-order valence-corrected chi connectivity index (χ4v) is 3.63. The fraction of sp³-hybridized carbons (Fsp3) is 0.500. The summed E-state index contributed by atoms with van der Waals surface area (Å²) < 4.78 is 26.7. The summed E-state index contributed by atoms with van der Waals surface area (Å²) in [7, 11) is -3.45. The maximum atomic E-state index is 12.0. The lowest BCUT2D eigenvalue weighted by molar-refractivity contribution is 0.0940. The van der Waals surface area contributed by atoms with Crippen LogP contribution < -0.4 is 15.4 Å². The Morgan fingerprint density at radius 2 is 1.77 bits per heavy atom. The van der Waals surface area contributed by atoms with Gasteiger partial charge in [-0.1, -0.05) is 0 Å². The van der Waals surface area contributed by atoms with Crippen LogP contribution in [0.3, 0.4) is 0 Å². The zero-order valence-corrected chi connectivity index (χ0v) is 13.7. The molecule has 3 rings (SSSR count). The summed E-state index contributed by atoms with van der Waals surface area (Å²) in [5.41, 5.74) is 0.479. The van der Waals surface area contributed by atoms with Crippen LogP contribution in [0.1, 0.15) is 29.6 Å². The second kappa shape index (κ2) is 6.95.